The molecular formula is C26H22ClN3O3S. The number of rotatable bonds is 8. The highest BCUT2D eigenvalue weighted by Gasteiger charge is 2.10. The van der Waals surface area contributed by atoms with Gasteiger partial charge in [0, 0.05) is 33.7 Å². The fraction of sp³-hybridized carbons (Fsp3) is 0.115. The summed E-state index contributed by atoms with van der Waals surface area (Å²) in [6, 6.07) is 24.9. The maximum atomic E-state index is 12.6. The molecule has 172 valence electrons. The van der Waals surface area contributed by atoms with Crippen LogP contribution < -0.4 is 15.6 Å². The SMILES string of the molecule is CCOc1ccccc1CNC(=O)c1ccc(-n2nc(Sc3ccc(Cl)cc3)ccc2=O)cc1. The Hall–Kier alpha value is -3.55. The lowest BCUT2D eigenvalue weighted by molar-refractivity contribution is 0.0950. The highest BCUT2D eigenvalue weighted by molar-refractivity contribution is 7.99. The minimum atomic E-state index is -0.259. The van der Waals surface area contributed by atoms with Crippen LogP contribution in [0.5, 0.6) is 5.75 Å². The molecule has 0 unspecified atom stereocenters. The average Bonchev–Trinajstić information content (AvgIpc) is 2.86. The zero-order valence-corrected chi connectivity index (χ0v) is 20.0. The van der Waals surface area contributed by atoms with E-state index in [4.69, 9.17) is 16.3 Å². The fourth-order valence-corrected chi connectivity index (χ4v) is 4.13. The molecule has 3 aromatic carbocycles. The molecule has 0 aliphatic rings. The molecule has 0 aliphatic carbocycles. The van der Waals surface area contributed by atoms with Crippen molar-refractivity contribution < 1.29 is 9.53 Å². The zero-order valence-electron chi connectivity index (χ0n) is 18.4. The first kappa shape index (κ1) is 23.6. The van der Waals surface area contributed by atoms with Crippen molar-refractivity contribution in [1.29, 1.82) is 0 Å². The third-order valence-electron chi connectivity index (χ3n) is 4.90. The third kappa shape index (κ3) is 5.87. The van der Waals surface area contributed by atoms with Gasteiger partial charge in [-0.05, 0) is 67.6 Å². The van der Waals surface area contributed by atoms with Gasteiger partial charge in [-0.25, -0.2) is 0 Å². The van der Waals surface area contributed by atoms with E-state index in [0.717, 1.165) is 16.2 Å². The number of aromatic nitrogens is 2. The average molecular weight is 492 g/mol. The summed E-state index contributed by atoms with van der Waals surface area (Å²) in [6.45, 7) is 2.82. The molecule has 0 atom stereocenters. The Labute approximate surface area is 206 Å². The van der Waals surface area contributed by atoms with Crippen LogP contribution in [0.15, 0.2) is 99.6 Å². The highest BCUT2D eigenvalue weighted by Crippen LogP contribution is 2.26. The van der Waals surface area contributed by atoms with Gasteiger partial charge < -0.3 is 10.1 Å². The number of hydrogen-bond donors (Lipinski definition) is 1. The Morgan fingerprint density at radius 2 is 1.74 bits per heavy atom. The summed E-state index contributed by atoms with van der Waals surface area (Å²) in [4.78, 5) is 26.0. The van der Waals surface area contributed by atoms with E-state index in [1.165, 1.54) is 22.5 Å². The first-order valence-electron chi connectivity index (χ1n) is 10.7. The molecule has 4 aromatic rings. The number of halogens is 1. The molecule has 0 fully saturated rings. The summed E-state index contributed by atoms with van der Waals surface area (Å²) >= 11 is 7.37. The number of carbonyl (C=O) groups excluding carboxylic acids is 1. The highest BCUT2D eigenvalue weighted by atomic mass is 35.5. The lowest BCUT2D eigenvalue weighted by atomic mass is 10.1. The van der Waals surface area contributed by atoms with Crippen molar-refractivity contribution in [3.8, 4) is 11.4 Å². The van der Waals surface area contributed by atoms with Gasteiger partial charge in [0.15, 0.2) is 0 Å². The fourth-order valence-electron chi connectivity index (χ4n) is 3.23. The molecule has 6 nitrogen and oxygen atoms in total. The molecule has 4 rings (SSSR count). The van der Waals surface area contributed by atoms with Gasteiger partial charge in [-0.3, -0.25) is 9.59 Å². The van der Waals surface area contributed by atoms with Gasteiger partial charge in [0.1, 0.15) is 10.8 Å². The van der Waals surface area contributed by atoms with Crippen LogP contribution in [0.3, 0.4) is 0 Å². The van der Waals surface area contributed by atoms with Crippen LogP contribution >= 0.6 is 23.4 Å². The molecule has 0 saturated carbocycles. The van der Waals surface area contributed by atoms with E-state index in [1.807, 2.05) is 43.3 Å². The van der Waals surface area contributed by atoms with Gasteiger partial charge in [-0.15, -0.1) is 0 Å². The first-order chi connectivity index (χ1) is 16.5. The van der Waals surface area contributed by atoms with Gasteiger partial charge in [0.2, 0.25) is 0 Å². The van der Waals surface area contributed by atoms with Gasteiger partial charge in [-0.1, -0.05) is 41.6 Å². The Morgan fingerprint density at radius 3 is 2.47 bits per heavy atom. The van der Waals surface area contributed by atoms with Crippen LogP contribution in [0.4, 0.5) is 0 Å². The number of amides is 1. The number of nitrogens with zero attached hydrogens (tertiary/aromatic N) is 2. The summed E-state index contributed by atoms with van der Waals surface area (Å²) in [5, 5.41) is 8.69. The molecule has 1 heterocycles. The molecular weight excluding hydrogens is 470 g/mol. The molecule has 0 aliphatic heterocycles. The molecule has 0 spiro atoms. The van der Waals surface area contributed by atoms with Crippen LogP contribution in [0.1, 0.15) is 22.8 Å². The molecule has 0 radical (unpaired) electrons. The zero-order chi connectivity index (χ0) is 23.9. The minimum absolute atomic E-state index is 0.217. The second-order valence-corrected chi connectivity index (χ2v) is 8.78. The van der Waals surface area contributed by atoms with E-state index in [9.17, 15) is 9.59 Å². The van der Waals surface area contributed by atoms with Crippen LogP contribution in [0, 0.1) is 0 Å². The van der Waals surface area contributed by atoms with Gasteiger partial charge in [-0.2, -0.15) is 9.78 Å². The summed E-state index contributed by atoms with van der Waals surface area (Å²) in [5.41, 5.74) is 1.70. The van der Waals surface area contributed by atoms with Crippen molar-refractivity contribution in [3.63, 3.8) is 0 Å². The smallest absolute Gasteiger partial charge is 0.271 e. The topological polar surface area (TPSA) is 73.2 Å². The quantitative estimate of drug-likeness (QED) is 0.359. The minimum Gasteiger partial charge on any atom is -0.494 e. The van der Waals surface area contributed by atoms with Crippen molar-refractivity contribution in [3.05, 3.63) is 111 Å². The maximum absolute atomic E-state index is 12.6. The number of nitrogens with one attached hydrogen (secondary N) is 1. The van der Waals surface area contributed by atoms with E-state index >= 15 is 0 Å². The predicted molar refractivity (Wildman–Crippen MR) is 134 cm³/mol. The summed E-state index contributed by atoms with van der Waals surface area (Å²) in [6.07, 6.45) is 0. The van der Waals surface area contributed by atoms with Crippen LogP contribution in [0.2, 0.25) is 5.02 Å². The molecule has 0 bridgehead atoms. The molecule has 8 heteroatoms. The largest absolute Gasteiger partial charge is 0.494 e. The second-order valence-electron chi connectivity index (χ2n) is 7.25. The number of para-hydroxylation sites is 1. The van der Waals surface area contributed by atoms with Crippen molar-refractivity contribution in [1.82, 2.24) is 15.1 Å². The number of ether oxygens (including phenoxy) is 1. The van der Waals surface area contributed by atoms with Crippen LogP contribution in [-0.2, 0) is 6.54 Å². The van der Waals surface area contributed by atoms with E-state index < -0.39 is 0 Å². The Bertz CT molecular complexity index is 1340. The van der Waals surface area contributed by atoms with Gasteiger partial charge in [0.05, 0.1) is 12.3 Å². The number of benzene rings is 3. The molecule has 1 aromatic heterocycles. The first-order valence-corrected chi connectivity index (χ1v) is 11.9. The lowest BCUT2D eigenvalue weighted by Gasteiger charge is -2.11. The Kier molecular flexibility index (Phi) is 7.67. The van der Waals surface area contributed by atoms with Crippen LogP contribution in [0.25, 0.3) is 5.69 Å². The normalized spacial score (nSPS) is 10.6. The predicted octanol–water partition coefficient (Wildman–Crippen LogP) is 5.37. The molecule has 34 heavy (non-hydrogen) atoms. The van der Waals surface area contributed by atoms with Gasteiger partial charge in [0.25, 0.3) is 11.5 Å². The van der Waals surface area contributed by atoms with Crippen molar-refractivity contribution >= 4 is 29.3 Å². The monoisotopic (exact) mass is 491 g/mol. The standard InChI is InChI=1S/C26H22ClN3O3S/c1-2-33-23-6-4-3-5-19(23)17-28-26(32)18-7-11-21(12-8-18)30-25(31)16-15-24(29-30)34-22-13-9-20(27)10-14-22/h3-16H,2,17H2,1H3,(H,28,32). The molecule has 0 saturated heterocycles. The van der Waals surface area contributed by atoms with Gasteiger partial charge >= 0.3 is 0 Å². The van der Waals surface area contributed by atoms with E-state index in [-0.39, 0.29) is 11.5 Å². The van der Waals surface area contributed by atoms with Crippen LogP contribution in [-0.4, -0.2) is 22.3 Å². The van der Waals surface area contributed by atoms with E-state index in [0.29, 0.717) is 34.5 Å². The summed E-state index contributed by atoms with van der Waals surface area (Å²) in [7, 11) is 0. The third-order valence-corrected chi connectivity index (χ3v) is 6.08. The number of hydrogen-bond acceptors (Lipinski definition) is 5. The summed E-state index contributed by atoms with van der Waals surface area (Å²) in [5.74, 6) is 0.535. The number of carbonyl (C=O) groups is 1. The molecule has 1 amide bonds. The van der Waals surface area contributed by atoms with E-state index in [1.54, 1.807) is 42.5 Å². The maximum Gasteiger partial charge on any atom is 0.271 e. The summed E-state index contributed by atoms with van der Waals surface area (Å²) < 4.78 is 6.92. The Balaban J connectivity index is 1.46. The Morgan fingerprint density at radius 1 is 1.00 bits per heavy atom. The molecule has 1 N–H and O–H groups in total. The lowest BCUT2D eigenvalue weighted by Crippen LogP contribution is -2.23. The second kappa shape index (κ2) is 11.0. The van der Waals surface area contributed by atoms with Crippen molar-refractivity contribution in [2.75, 3.05) is 6.61 Å². The van der Waals surface area contributed by atoms with Crippen molar-refractivity contribution in [2.24, 2.45) is 0 Å². The van der Waals surface area contributed by atoms with E-state index in [2.05, 4.69) is 10.4 Å². The van der Waals surface area contributed by atoms with Crippen molar-refractivity contribution in [2.45, 2.75) is 23.4 Å².